The van der Waals surface area contributed by atoms with Crippen LogP contribution in [-0.4, -0.2) is 15.2 Å². The van der Waals surface area contributed by atoms with Gasteiger partial charge in [-0.05, 0) is 6.07 Å². The Balaban J connectivity index is 2.96. The molecule has 0 fully saturated rings. The Bertz CT molecular complexity index is 198. The lowest BCUT2D eigenvalue weighted by Crippen LogP contribution is -1.90. The number of aromatic nitrogens is 1. The predicted molar refractivity (Wildman–Crippen MR) is 37.1 cm³/mol. The van der Waals surface area contributed by atoms with Crippen LogP contribution in [0, 0.1) is 0 Å². The minimum Gasteiger partial charge on any atom is -0.392 e. The molecule has 0 saturated carbocycles. The minimum absolute atomic E-state index is 0.0937. The second kappa shape index (κ2) is 2.72. The molecule has 0 spiro atoms. The van der Waals surface area contributed by atoms with Gasteiger partial charge in [-0.1, -0.05) is 0 Å². The third-order valence-electron chi connectivity index (χ3n) is 1.34. The van der Waals surface area contributed by atoms with E-state index in [1.807, 2.05) is 0 Å². The molecule has 1 rings (SSSR count). The lowest BCUT2D eigenvalue weighted by molar-refractivity contribution is 0.257. The molecule has 0 aliphatic carbocycles. The molecule has 0 unspecified atom stereocenters. The van der Waals surface area contributed by atoms with Crippen LogP contribution in [0.2, 0.25) is 0 Å². The average Bonchev–Trinajstić information content (AvgIpc) is 2.30. The molecule has 0 saturated heterocycles. The zero-order valence-corrected chi connectivity index (χ0v) is 5.46. The number of nitrogen functional groups attached to an aromatic ring is 1. The number of aromatic amines is 1. The Morgan fingerprint density at radius 1 is 1.40 bits per heavy atom. The molecule has 0 bridgehead atoms. The topological polar surface area (TPSA) is 82.3 Å². The molecule has 1 aromatic rings. The van der Waals surface area contributed by atoms with Crippen LogP contribution in [-0.2, 0) is 13.2 Å². The van der Waals surface area contributed by atoms with Crippen LogP contribution < -0.4 is 5.73 Å². The normalized spacial score (nSPS) is 10.2. The van der Waals surface area contributed by atoms with Crippen molar-refractivity contribution in [2.45, 2.75) is 13.2 Å². The molecule has 4 heteroatoms. The van der Waals surface area contributed by atoms with E-state index in [0.717, 1.165) is 0 Å². The van der Waals surface area contributed by atoms with Crippen molar-refractivity contribution < 1.29 is 10.2 Å². The highest BCUT2D eigenvalue weighted by Crippen LogP contribution is 2.11. The van der Waals surface area contributed by atoms with Crippen molar-refractivity contribution in [2.75, 3.05) is 5.73 Å². The molecule has 0 atom stereocenters. The summed E-state index contributed by atoms with van der Waals surface area (Å²) in [6.45, 7) is -0.212. The fourth-order valence-corrected chi connectivity index (χ4v) is 0.848. The molecule has 0 radical (unpaired) electrons. The van der Waals surface area contributed by atoms with E-state index in [0.29, 0.717) is 17.1 Å². The summed E-state index contributed by atoms with van der Waals surface area (Å²) in [7, 11) is 0. The number of nitrogens with two attached hydrogens (primary N) is 1. The smallest absolute Gasteiger partial charge is 0.101 e. The maximum atomic E-state index is 8.68. The van der Waals surface area contributed by atoms with Gasteiger partial charge in [-0.25, -0.2) is 0 Å². The van der Waals surface area contributed by atoms with E-state index in [-0.39, 0.29) is 13.2 Å². The Hall–Kier alpha value is -1.00. The molecule has 1 aromatic heterocycles. The second-order valence-corrected chi connectivity index (χ2v) is 2.04. The van der Waals surface area contributed by atoms with E-state index < -0.39 is 0 Å². The maximum absolute atomic E-state index is 8.68. The van der Waals surface area contributed by atoms with Crippen molar-refractivity contribution in [3.05, 3.63) is 17.3 Å². The predicted octanol–water partition coefficient (Wildman–Crippen LogP) is -0.419. The van der Waals surface area contributed by atoms with E-state index in [9.17, 15) is 0 Å². The van der Waals surface area contributed by atoms with Crippen LogP contribution in [0.5, 0.6) is 0 Å². The van der Waals surface area contributed by atoms with Gasteiger partial charge in [0.05, 0.1) is 13.2 Å². The largest absolute Gasteiger partial charge is 0.392 e. The molecule has 10 heavy (non-hydrogen) atoms. The van der Waals surface area contributed by atoms with Gasteiger partial charge < -0.3 is 20.9 Å². The molecule has 0 aromatic carbocycles. The molecule has 1 heterocycles. The summed E-state index contributed by atoms with van der Waals surface area (Å²) in [5.74, 6) is 0.466. The van der Waals surface area contributed by atoms with Crippen LogP contribution in [0.25, 0.3) is 0 Å². The molecule has 0 amide bonds. The van der Waals surface area contributed by atoms with Crippen molar-refractivity contribution in [1.82, 2.24) is 4.98 Å². The fourth-order valence-electron chi connectivity index (χ4n) is 0.848. The highest BCUT2D eigenvalue weighted by Gasteiger charge is 2.02. The van der Waals surface area contributed by atoms with Gasteiger partial charge >= 0.3 is 0 Å². The van der Waals surface area contributed by atoms with Gasteiger partial charge in [-0.3, -0.25) is 0 Å². The number of H-pyrrole nitrogens is 1. The SMILES string of the molecule is Nc1cc(CO)c(CO)[nH]1. The van der Waals surface area contributed by atoms with Gasteiger partial charge in [0, 0.05) is 11.3 Å². The van der Waals surface area contributed by atoms with Gasteiger partial charge in [0.15, 0.2) is 0 Å². The third-order valence-corrected chi connectivity index (χ3v) is 1.34. The fraction of sp³-hybridized carbons (Fsp3) is 0.333. The molecular weight excluding hydrogens is 132 g/mol. The van der Waals surface area contributed by atoms with Gasteiger partial charge in [-0.15, -0.1) is 0 Å². The van der Waals surface area contributed by atoms with E-state index >= 15 is 0 Å². The van der Waals surface area contributed by atoms with Gasteiger partial charge in [0.1, 0.15) is 5.82 Å². The van der Waals surface area contributed by atoms with E-state index in [1.54, 1.807) is 6.07 Å². The highest BCUT2D eigenvalue weighted by atomic mass is 16.3. The average molecular weight is 142 g/mol. The summed E-state index contributed by atoms with van der Waals surface area (Å²) < 4.78 is 0. The number of rotatable bonds is 2. The van der Waals surface area contributed by atoms with Crippen LogP contribution in [0.3, 0.4) is 0 Å². The molecular formula is C6H10N2O2. The van der Waals surface area contributed by atoms with Gasteiger partial charge in [-0.2, -0.15) is 0 Å². The summed E-state index contributed by atoms with van der Waals surface area (Å²) in [4.78, 5) is 2.71. The first-order valence-corrected chi connectivity index (χ1v) is 2.96. The molecule has 56 valence electrons. The summed E-state index contributed by atoms with van der Waals surface area (Å²) in [5.41, 5.74) is 6.59. The van der Waals surface area contributed by atoms with Crippen LogP contribution in [0.4, 0.5) is 5.82 Å². The van der Waals surface area contributed by atoms with Crippen LogP contribution >= 0.6 is 0 Å². The number of anilines is 1. The number of aliphatic hydroxyl groups excluding tert-OH is 2. The van der Waals surface area contributed by atoms with Crippen molar-refractivity contribution in [2.24, 2.45) is 0 Å². The minimum atomic E-state index is -0.118. The van der Waals surface area contributed by atoms with E-state index in [4.69, 9.17) is 15.9 Å². The van der Waals surface area contributed by atoms with E-state index in [2.05, 4.69) is 4.98 Å². The number of hydrogen-bond acceptors (Lipinski definition) is 3. The van der Waals surface area contributed by atoms with E-state index in [1.165, 1.54) is 0 Å². The lowest BCUT2D eigenvalue weighted by Gasteiger charge is -1.92. The Labute approximate surface area is 58.3 Å². The van der Waals surface area contributed by atoms with Gasteiger partial charge in [0.25, 0.3) is 0 Å². The molecule has 4 nitrogen and oxygen atoms in total. The first-order valence-electron chi connectivity index (χ1n) is 2.96. The summed E-state index contributed by atoms with van der Waals surface area (Å²) in [6, 6.07) is 1.60. The molecule has 5 N–H and O–H groups in total. The lowest BCUT2D eigenvalue weighted by atomic mass is 10.2. The second-order valence-electron chi connectivity index (χ2n) is 2.04. The van der Waals surface area contributed by atoms with Crippen molar-refractivity contribution >= 4 is 5.82 Å². The molecule has 0 aliphatic heterocycles. The summed E-state index contributed by atoms with van der Waals surface area (Å²) in [5, 5.41) is 17.3. The number of hydrogen-bond donors (Lipinski definition) is 4. The summed E-state index contributed by atoms with van der Waals surface area (Å²) >= 11 is 0. The van der Waals surface area contributed by atoms with Crippen molar-refractivity contribution in [3.8, 4) is 0 Å². The number of aliphatic hydroxyl groups is 2. The summed E-state index contributed by atoms with van der Waals surface area (Å²) in [6.07, 6.45) is 0. The standard InChI is InChI=1S/C6H10N2O2/c7-6-1-4(2-9)5(3-10)8-6/h1,8-10H,2-3,7H2. The van der Waals surface area contributed by atoms with Crippen molar-refractivity contribution in [3.63, 3.8) is 0 Å². The zero-order valence-electron chi connectivity index (χ0n) is 5.46. The third kappa shape index (κ3) is 1.12. The Morgan fingerprint density at radius 2 is 2.10 bits per heavy atom. The monoisotopic (exact) mass is 142 g/mol. The highest BCUT2D eigenvalue weighted by molar-refractivity contribution is 5.38. The van der Waals surface area contributed by atoms with Crippen LogP contribution in [0.15, 0.2) is 6.07 Å². The van der Waals surface area contributed by atoms with Crippen molar-refractivity contribution in [1.29, 1.82) is 0 Å². The Kier molecular flexibility index (Phi) is 1.94. The van der Waals surface area contributed by atoms with Gasteiger partial charge in [0.2, 0.25) is 0 Å². The number of nitrogens with one attached hydrogen (secondary N) is 1. The zero-order chi connectivity index (χ0) is 7.56. The van der Waals surface area contributed by atoms with Crippen LogP contribution in [0.1, 0.15) is 11.3 Å². The first kappa shape index (κ1) is 7.11. The molecule has 0 aliphatic rings. The maximum Gasteiger partial charge on any atom is 0.101 e. The Morgan fingerprint density at radius 3 is 2.50 bits per heavy atom. The first-order chi connectivity index (χ1) is 4.77. The quantitative estimate of drug-likeness (QED) is 0.452.